The van der Waals surface area contributed by atoms with Crippen LogP contribution in [0.2, 0.25) is 5.02 Å². The summed E-state index contributed by atoms with van der Waals surface area (Å²) in [4.78, 5) is 12.0. The molecule has 3 nitrogen and oxygen atoms in total. The van der Waals surface area contributed by atoms with E-state index in [4.69, 9.17) is 11.6 Å². The summed E-state index contributed by atoms with van der Waals surface area (Å²) in [6.45, 7) is 1.88. The number of amides is 1. The fourth-order valence-electron chi connectivity index (χ4n) is 1.91. The molecular weight excluding hydrogens is 339 g/mol. The third-order valence-corrected chi connectivity index (χ3v) is 3.70. The average molecular weight is 354 g/mol. The Hall–Kier alpha value is -0.290. The molecule has 100 valence electrons. The van der Waals surface area contributed by atoms with E-state index >= 15 is 0 Å². The molecule has 0 unspecified atom stereocenters. The number of carbonyl (C=O) groups is 1. The van der Waals surface area contributed by atoms with Gasteiger partial charge in [0, 0.05) is 22.1 Å². The molecule has 0 aliphatic carbocycles. The van der Waals surface area contributed by atoms with Gasteiger partial charge in [0.1, 0.15) is 0 Å². The maximum atomic E-state index is 12.0. The van der Waals surface area contributed by atoms with Gasteiger partial charge in [-0.2, -0.15) is 0 Å². The van der Waals surface area contributed by atoms with Crippen LogP contribution in [-0.4, -0.2) is 25.0 Å². The molecule has 1 heterocycles. The van der Waals surface area contributed by atoms with Crippen molar-refractivity contribution in [1.82, 2.24) is 10.6 Å². The summed E-state index contributed by atoms with van der Waals surface area (Å²) in [5.41, 5.74) is 0.625. The van der Waals surface area contributed by atoms with Crippen LogP contribution in [0.5, 0.6) is 0 Å². The number of nitrogens with one attached hydrogen (secondary N) is 2. The van der Waals surface area contributed by atoms with Crippen LogP contribution in [0.4, 0.5) is 0 Å². The molecule has 0 saturated carbocycles. The zero-order valence-electron chi connectivity index (χ0n) is 9.71. The van der Waals surface area contributed by atoms with Gasteiger partial charge >= 0.3 is 0 Å². The van der Waals surface area contributed by atoms with Crippen molar-refractivity contribution in [3.63, 3.8) is 0 Å². The van der Waals surface area contributed by atoms with Gasteiger partial charge in [-0.05, 0) is 53.5 Å². The highest BCUT2D eigenvalue weighted by Gasteiger charge is 2.17. The summed E-state index contributed by atoms with van der Waals surface area (Å²) in [5.74, 6) is -0.0535. The molecule has 1 atom stereocenters. The Balaban J connectivity index is 0.00000162. The van der Waals surface area contributed by atoms with Crippen molar-refractivity contribution in [2.75, 3.05) is 13.1 Å². The van der Waals surface area contributed by atoms with E-state index in [0.29, 0.717) is 10.6 Å². The lowest BCUT2D eigenvalue weighted by Crippen LogP contribution is -2.45. The normalized spacial score (nSPS) is 18.9. The highest BCUT2D eigenvalue weighted by atomic mass is 79.9. The van der Waals surface area contributed by atoms with Gasteiger partial charge < -0.3 is 10.6 Å². The molecule has 0 radical (unpaired) electrons. The summed E-state index contributed by atoms with van der Waals surface area (Å²) >= 11 is 9.19. The lowest BCUT2D eigenvalue weighted by atomic mass is 10.1. The zero-order chi connectivity index (χ0) is 12.3. The molecule has 1 aromatic carbocycles. The lowest BCUT2D eigenvalue weighted by molar-refractivity contribution is 0.0930. The van der Waals surface area contributed by atoms with Gasteiger partial charge in [-0.15, -0.1) is 12.4 Å². The third-order valence-electron chi connectivity index (χ3n) is 2.81. The molecule has 0 spiro atoms. The van der Waals surface area contributed by atoms with Crippen LogP contribution in [0.15, 0.2) is 22.7 Å². The van der Waals surface area contributed by atoms with Crippen LogP contribution < -0.4 is 10.6 Å². The molecule has 0 bridgehead atoms. The summed E-state index contributed by atoms with van der Waals surface area (Å²) < 4.78 is 0.728. The summed E-state index contributed by atoms with van der Waals surface area (Å²) in [5, 5.41) is 6.91. The first-order valence-electron chi connectivity index (χ1n) is 5.63. The standard InChI is InChI=1S/C12H14BrClN2O.ClH/c13-11-6-8(14)3-4-10(11)12(17)16-9-2-1-5-15-7-9;/h3-4,6,9,15H,1-2,5,7H2,(H,16,17);1H/t9-;/m0./s1. The highest BCUT2D eigenvalue weighted by Crippen LogP contribution is 2.21. The first-order chi connectivity index (χ1) is 8.16. The van der Waals surface area contributed by atoms with Crippen molar-refractivity contribution in [3.05, 3.63) is 33.3 Å². The van der Waals surface area contributed by atoms with E-state index in [1.807, 2.05) is 0 Å². The molecule has 1 aliphatic rings. The summed E-state index contributed by atoms with van der Waals surface area (Å²) in [6, 6.07) is 5.41. The fourth-order valence-corrected chi connectivity index (χ4v) is 2.77. The Morgan fingerprint density at radius 3 is 2.89 bits per heavy atom. The molecular formula is C12H15BrCl2N2O. The van der Waals surface area contributed by atoms with Gasteiger partial charge in [-0.25, -0.2) is 0 Å². The van der Waals surface area contributed by atoms with Crippen LogP contribution in [0.25, 0.3) is 0 Å². The fraction of sp³-hybridized carbons (Fsp3) is 0.417. The molecule has 1 amide bonds. The van der Waals surface area contributed by atoms with Crippen molar-refractivity contribution < 1.29 is 4.79 Å². The van der Waals surface area contributed by atoms with Gasteiger partial charge in [0.25, 0.3) is 5.91 Å². The van der Waals surface area contributed by atoms with Crippen molar-refractivity contribution in [3.8, 4) is 0 Å². The SMILES string of the molecule is Cl.O=C(N[C@H]1CCCNC1)c1ccc(Cl)cc1Br. The van der Waals surface area contributed by atoms with Crippen LogP contribution in [0, 0.1) is 0 Å². The average Bonchev–Trinajstić information content (AvgIpc) is 2.30. The second kappa shape index (κ2) is 7.34. The minimum absolute atomic E-state index is 0. The summed E-state index contributed by atoms with van der Waals surface area (Å²) in [7, 11) is 0. The molecule has 1 saturated heterocycles. The van der Waals surface area contributed by atoms with Crippen molar-refractivity contribution in [2.45, 2.75) is 18.9 Å². The van der Waals surface area contributed by atoms with Crippen LogP contribution >= 0.6 is 39.9 Å². The number of hydrogen-bond donors (Lipinski definition) is 2. The van der Waals surface area contributed by atoms with E-state index in [9.17, 15) is 4.79 Å². The Morgan fingerprint density at radius 2 is 2.28 bits per heavy atom. The highest BCUT2D eigenvalue weighted by molar-refractivity contribution is 9.10. The Kier molecular flexibility index (Phi) is 6.43. The molecule has 2 N–H and O–H groups in total. The first kappa shape index (κ1) is 15.8. The second-order valence-corrected chi connectivity index (χ2v) is 5.43. The first-order valence-corrected chi connectivity index (χ1v) is 6.80. The molecule has 1 aromatic rings. The molecule has 2 rings (SSSR count). The van der Waals surface area contributed by atoms with Crippen molar-refractivity contribution in [1.29, 1.82) is 0 Å². The van der Waals surface area contributed by atoms with E-state index in [1.165, 1.54) is 0 Å². The predicted octanol–water partition coefficient (Wildman–Crippen LogP) is 3.01. The quantitative estimate of drug-likeness (QED) is 0.858. The van der Waals surface area contributed by atoms with Crippen molar-refractivity contribution in [2.24, 2.45) is 0 Å². The summed E-state index contributed by atoms with van der Waals surface area (Å²) in [6.07, 6.45) is 2.14. The van der Waals surface area contributed by atoms with E-state index in [1.54, 1.807) is 18.2 Å². The number of benzene rings is 1. The van der Waals surface area contributed by atoms with Crippen LogP contribution in [0.3, 0.4) is 0 Å². The minimum Gasteiger partial charge on any atom is -0.348 e. The van der Waals surface area contributed by atoms with Gasteiger partial charge in [-0.3, -0.25) is 4.79 Å². The van der Waals surface area contributed by atoms with Crippen LogP contribution in [-0.2, 0) is 0 Å². The van der Waals surface area contributed by atoms with Crippen LogP contribution in [0.1, 0.15) is 23.2 Å². The number of rotatable bonds is 2. The number of piperidine rings is 1. The maximum absolute atomic E-state index is 12.0. The second-order valence-electron chi connectivity index (χ2n) is 4.14. The Bertz CT molecular complexity index is 423. The largest absolute Gasteiger partial charge is 0.348 e. The molecule has 0 aromatic heterocycles. The minimum atomic E-state index is -0.0535. The molecule has 1 aliphatic heterocycles. The van der Waals surface area contributed by atoms with E-state index in [2.05, 4.69) is 26.6 Å². The molecule has 18 heavy (non-hydrogen) atoms. The van der Waals surface area contributed by atoms with Gasteiger partial charge in [0.2, 0.25) is 0 Å². The predicted molar refractivity (Wildman–Crippen MR) is 79.8 cm³/mol. The Morgan fingerprint density at radius 1 is 1.50 bits per heavy atom. The molecule has 1 fully saturated rings. The number of hydrogen-bond acceptors (Lipinski definition) is 2. The van der Waals surface area contributed by atoms with Gasteiger partial charge in [-0.1, -0.05) is 11.6 Å². The van der Waals surface area contributed by atoms with E-state index < -0.39 is 0 Å². The number of carbonyl (C=O) groups excluding carboxylic acids is 1. The van der Waals surface area contributed by atoms with E-state index in [-0.39, 0.29) is 24.4 Å². The Labute approximate surface area is 126 Å². The van der Waals surface area contributed by atoms with Gasteiger partial charge in [0.05, 0.1) is 5.56 Å². The maximum Gasteiger partial charge on any atom is 0.252 e. The smallest absolute Gasteiger partial charge is 0.252 e. The topological polar surface area (TPSA) is 41.1 Å². The lowest BCUT2D eigenvalue weighted by Gasteiger charge is -2.24. The van der Waals surface area contributed by atoms with Crippen molar-refractivity contribution >= 4 is 45.8 Å². The molecule has 6 heteroatoms. The van der Waals surface area contributed by atoms with E-state index in [0.717, 1.165) is 30.4 Å². The zero-order valence-corrected chi connectivity index (χ0v) is 12.9. The number of halogens is 3. The monoisotopic (exact) mass is 352 g/mol. The van der Waals surface area contributed by atoms with Gasteiger partial charge in [0.15, 0.2) is 0 Å². The third kappa shape index (κ3) is 4.12.